The van der Waals surface area contributed by atoms with E-state index in [1.54, 1.807) is 31.5 Å². The van der Waals surface area contributed by atoms with Gasteiger partial charge in [-0.3, -0.25) is 10.1 Å². The highest BCUT2D eigenvalue weighted by Crippen LogP contribution is 2.31. The molecule has 0 aliphatic rings. The molecule has 0 aliphatic heterocycles. The predicted octanol–water partition coefficient (Wildman–Crippen LogP) is 5.49. The Morgan fingerprint density at radius 1 is 1.04 bits per heavy atom. The van der Waals surface area contributed by atoms with Gasteiger partial charge in [0.25, 0.3) is 5.69 Å². The molecule has 27 heavy (non-hydrogen) atoms. The first-order valence-corrected chi connectivity index (χ1v) is 8.92. The second-order valence-corrected chi connectivity index (χ2v) is 6.73. The highest BCUT2D eigenvalue weighted by molar-refractivity contribution is 6.42. The number of ether oxygens (including phenoxy) is 1. The molecule has 0 radical (unpaired) electrons. The number of hydrogen-bond donors (Lipinski definition) is 0. The van der Waals surface area contributed by atoms with E-state index in [1.807, 2.05) is 18.2 Å². The normalized spacial score (nSPS) is 10.6. The van der Waals surface area contributed by atoms with Crippen molar-refractivity contribution in [3.05, 3.63) is 97.1 Å². The monoisotopic (exact) mass is 402 g/mol. The first-order chi connectivity index (χ1) is 13.0. The smallest absolute Gasteiger partial charge is 0.269 e. The zero-order valence-electron chi connectivity index (χ0n) is 14.5. The van der Waals surface area contributed by atoms with Crippen LogP contribution >= 0.6 is 23.2 Å². The van der Waals surface area contributed by atoms with Crippen molar-refractivity contribution < 1.29 is 9.66 Å². The van der Waals surface area contributed by atoms with Crippen LogP contribution in [0.2, 0.25) is 10.0 Å². The summed E-state index contributed by atoms with van der Waals surface area (Å²) in [7, 11) is 1.57. The molecule has 0 N–H and O–H groups in total. The summed E-state index contributed by atoms with van der Waals surface area (Å²) in [6.45, 7) is 0. The van der Waals surface area contributed by atoms with E-state index in [1.165, 1.54) is 12.1 Å². The Kier molecular flexibility index (Phi) is 5.94. The number of aromatic nitrogens is 1. The molecule has 3 aromatic rings. The van der Waals surface area contributed by atoms with Crippen LogP contribution < -0.4 is 4.74 Å². The largest absolute Gasteiger partial charge is 0.481 e. The Bertz CT molecular complexity index is 975. The minimum absolute atomic E-state index is 0.0667. The van der Waals surface area contributed by atoms with Gasteiger partial charge in [-0.1, -0.05) is 47.5 Å². The molecule has 2 aromatic carbocycles. The summed E-state index contributed by atoms with van der Waals surface area (Å²) in [6.07, 6.45) is 2.78. The molecule has 0 saturated carbocycles. The van der Waals surface area contributed by atoms with Crippen molar-refractivity contribution in [2.75, 3.05) is 7.11 Å². The van der Waals surface area contributed by atoms with Crippen molar-refractivity contribution in [3.63, 3.8) is 0 Å². The molecule has 0 bridgehead atoms. The van der Waals surface area contributed by atoms with Crippen LogP contribution in [0.1, 0.15) is 22.3 Å². The average molecular weight is 403 g/mol. The molecule has 0 unspecified atom stereocenters. The maximum atomic E-state index is 10.8. The van der Waals surface area contributed by atoms with Crippen molar-refractivity contribution in [2.24, 2.45) is 0 Å². The quantitative estimate of drug-likeness (QED) is 0.404. The Morgan fingerprint density at radius 2 is 1.78 bits per heavy atom. The Labute approximate surface area is 166 Å². The van der Waals surface area contributed by atoms with Crippen molar-refractivity contribution in [1.82, 2.24) is 4.98 Å². The van der Waals surface area contributed by atoms with E-state index in [0.29, 0.717) is 28.8 Å². The van der Waals surface area contributed by atoms with Crippen LogP contribution in [0, 0.1) is 10.1 Å². The van der Waals surface area contributed by atoms with Crippen LogP contribution in [0.3, 0.4) is 0 Å². The van der Waals surface area contributed by atoms with Crippen molar-refractivity contribution in [1.29, 1.82) is 0 Å². The first kappa shape index (κ1) is 19.1. The summed E-state index contributed by atoms with van der Waals surface area (Å²) in [5.74, 6) is 0.519. The molecule has 0 spiro atoms. The van der Waals surface area contributed by atoms with Gasteiger partial charge in [-0.2, -0.15) is 0 Å². The van der Waals surface area contributed by atoms with Crippen LogP contribution in [-0.4, -0.2) is 17.0 Å². The van der Waals surface area contributed by atoms with E-state index in [4.69, 9.17) is 27.9 Å². The van der Waals surface area contributed by atoms with Gasteiger partial charge in [0.05, 0.1) is 22.1 Å². The maximum Gasteiger partial charge on any atom is 0.269 e. The zero-order valence-corrected chi connectivity index (χ0v) is 16.0. The van der Waals surface area contributed by atoms with Gasteiger partial charge in [-0.05, 0) is 35.2 Å². The second kappa shape index (κ2) is 8.37. The molecule has 0 aliphatic carbocycles. The molecular weight excluding hydrogens is 387 g/mol. The molecule has 1 heterocycles. The van der Waals surface area contributed by atoms with Gasteiger partial charge in [0.2, 0.25) is 5.88 Å². The minimum atomic E-state index is -0.411. The van der Waals surface area contributed by atoms with E-state index in [-0.39, 0.29) is 5.69 Å². The number of nitrogens with zero attached hydrogens (tertiary/aromatic N) is 2. The molecule has 0 atom stereocenters. The lowest BCUT2D eigenvalue weighted by molar-refractivity contribution is -0.384. The topological polar surface area (TPSA) is 65.3 Å². The molecule has 7 heteroatoms. The van der Waals surface area contributed by atoms with Gasteiger partial charge < -0.3 is 4.74 Å². The third kappa shape index (κ3) is 4.38. The lowest BCUT2D eigenvalue weighted by Crippen LogP contribution is -2.03. The Balaban J connectivity index is 1.96. The fourth-order valence-corrected chi connectivity index (χ4v) is 3.26. The SMILES string of the molecule is COc1nccc(Cc2ccc([N+](=O)[O-])cc2)c1Cc1cccc(Cl)c1Cl. The summed E-state index contributed by atoms with van der Waals surface area (Å²) in [4.78, 5) is 14.7. The van der Waals surface area contributed by atoms with E-state index >= 15 is 0 Å². The van der Waals surface area contributed by atoms with E-state index < -0.39 is 4.92 Å². The zero-order chi connectivity index (χ0) is 19.4. The van der Waals surface area contributed by atoms with Gasteiger partial charge in [0.1, 0.15) is 0 Å². The number of rotatable bonds is 6. The van der Waals surface area contributed by atoms with Crippen molar-refractivity contribution in [3.8, 4) is 5.88 Å². The van der Waals surface area contributed by atoms with Crippen LogP contribution in [0.15, 0.2) is 54.7 Å². The summed E-state index contributed by atoms with van der Waals surface area (Å²) >= 11 is 12.5. The molecule has 3 rings (SSSR count). The van der Waals surface area contributed by atoms with Crippen LogP contribution in [0.5, 0.6) is 5.88 Å². The predicted molar refractivity (Wildman–Crippen MR) is 106 cm³/mol. The molecule has 0 amide bonds. The van der Waals surface area contributed by atoms with Crippen LogP contribution in [0.25, 0.3) is 0 Å². The lowest BCUT2D eigenvalue weighted by Gasteiger charge is -2.14. The fraction of sp³-hybridized carbons (Fsp3) is 0.150. The highest BCUT2D eigenvalue weighted by Gasteiger charge is 2.15. The van der Waals surface area contributed by atoms with Crippen molar-refractivity contribution >= 4 is 28.9 Å². The van der Waals surface area contributed by atoms with Gasteiger partial charge in [0, 0.05) is 30.3 Å². The molecule has 0 fully saturated rings. The summed E-state index contributed by atoms with van der Waals surface area (Å²) in [6, 6.07) is 13.9. The van der Waals surface area contributed by atoms with Gasteiger partial charge in [0.15, 0.2) is 0 Å². The number of hydrogen-bond acceptors (Lipinski definition) is 4. The van der Waals surface area contributed by atoms with Crippen molar-refractivity contribution in [2.45, 2.75) is 12.8 Å². The van der Waals surface area contributed by atoms with Gasteiger partial charge >= 0.3 is 0 Å². The Morgan fingerprint density at radius 3 is 2.44 bits per heavy atom. The maximum absolute atomic E-state index is 10.8. The number of non-ortho nitro benzene ring substituents is 1. The number of nitro groups is 1. The third-order valence-corrected chi connectivity index (χ3v) is 5.11. The van der Waals surface area contributed by atoms with Crippen LogP contribution in [-0.2, 0) is 12.8 Å². The minimum Gasteiger partial charge on any atom is -0.481 e. The number of nitro benzene ring substituents is 1. The van der Waals surface area contributed by atoms with Gasteiger partial charge in [-0.15, -0.1) is 0 Å². The second-order valence-electron chi connectivity index (χ2n) is 5.95. The highest BCUT2D eigenvalue weighted by atomic mass is 35.5. The van der Waals surface area contributed by atoms with E-state index in [9.17, 15) is 10.1 Å². The molecular formula is C20H16Cl2N2O3. The summed E-state index contributed by atoms with van der Waals surface area (Å²) < 4.78 is 5.44. The Hall–Kier alpha value is -2.63. The molecule has 5 nitrogen and oxygen atoms in total. The number of methoxy groups -OCH3 is 1. The molecule has 138 valence electrons. The molecule has 1 aromatic heterocycles. The van der Waals surface area contributed by atoms with E-state index in [2.05, 4.69) is 4.98 Å². The number of pyridine rings is 1. The van der Waals surface area contributed by atoms with Crippen LogP contribution in [0.4, 0.5) is 5.69 Å². The van der Waals surface area contributed by atoms with Gasteiger partial charge in [-0.25, -0.2) is 4.98 Å². The lowest BCUT2D eigenvalue weighted by atomic mass is 9.96. The molecule has 0 saturated heterocycles. The standard InChI is InChI=1S/C20H16Cl2N2O3/c1-27-20-17(12-15-3-2-4-18(21)19(15)22)14(9-10-23-20)11-13-5-7-16(8-6-13)24(25)26/h2-10H,11-12H2,1H3. The summed E-state index contributed by atoms with van der Waals surface area (Å²) in [5, 5.41) is 11.8. The number of benzene rings is 2. The first-order valence-electron chi connectivity index (χ1n) is 8.16. The number of halogens is 2. The summed E-state index contributed by atoms with van der Waals surface area (Å²) in [5.41, 5.74) is 3.80. The van der Waals surface area contributed by atoms with E-state index in [0.717, 1.165) is 22.3 Å². The third-order valence-electron chi connectivity index (χ3n) is 4.25. The average Bonchev–Trinajstić information content (AvgIpc) is 2.67. The fourth-order valence-electron chi connectivity index (χ4n) is 2.87.